The van der Waals surface area contributed by atoms with Gasteiger partial charge in [-0.25, -0.2) is 0 Å². The maximum atomic E-state index is 12.7. The number of halogens is 4. The predicted octanol–water partition coefficient (Wildman–Crippen LogP) is 3.51. The summed E-state index contributed by atoms with van der Waals surface area (Å²) in [6.45, 7) is 2.23. The number of amides is 1. The molecule has 2 nitrogen and oxygen atoms in total. The molecule has 0 fully saturated rings. The van der Waals surface area contributed by atoms with Crippen molar-refractivity contribution in [1.82, 2.24) is 5.32 Å². The van der Waals surface area contributed by atoms with E-state index < -0.39 is 23.0 Å². The van der Waals surface area contributed by atoms with Gasteiger partial charge >= 0.3 is 6.18 Å². The summed E-state index contributed by atoms with van der Waals surface area (Å²) in [6, 6.07) is 4.82. The van der Waals surface area contributed by atoms with E-state index in [9.17, 15) is 18.0 Å². The molecule has 6 heteroatoms. The smallest absolute Gasteiger partial charge is 0.355 e. The molecule has 1 unspecified atom stereocenters. The predicted molar refractivity (Wildman–Crippen MR) is 63.3 cm³/mol. The highest BCUT2D eigenvalue weighted by molar-refractivity contribution is 6.30. The lowest BCUT2D eigenvalue weighted by Gasteiger charge is -2.16. The summed E-state index contributed by atoms with van der Waals surface area (Å²) in [5.74, 6) is -0.616. The van der Waals surface area contributed by atoms with Crippen molar-refractivity contribution in [2.45, 2.75) is 24.9 Å². The summed E-state index contributed by atoms with van der Waals surface area (Å²) in [6.07, 6.45) is -3.83. The normalized spacial score (nSPS) is 13.2. The second kappa shape index (κ2) is 6.09. The number of alkyl halides is 4. The van der Waals surface area contributed by atoms with Crippen LogP contribution < -0.4 is 5.32 Å². The zero-order valence-corrected chi connectivity index (χ0v) is 10.5. The zero-order valence-electron chi connectivity index (χ0n) is 9.72. The van der Waals surface area contributed by atoms with Gasteiger partial charge in [-0.1, -0.05) is 25.1 Å². The number of hydrogen-bond acceptors (Lipinski definition) is 1. The fourth-order valence-corrected chi connectivity index (χ4v) is 1.72. The van der Waals surface area contributed by atoms with Crippen LogP contribution in [0.25, 0.3) is 0 Å². The van der Waals surface area contributed by atoms with E-state index in [1.165, 1.54) is 18.2 Å². The highest BCUT2D eigenvalue weighted by atomic mass is 35.5. The summed E-state index contributed by atoms with van der Waals surface area (Å²) >= 11 is 5.79. The molecular formula is C12H13ClF3NO. The maximum Gasteiger partial charge on any atom is 0.416 e. The highest BCUT2D eigenvalue weighted by Gasteiger charge is 2.36. The van der Waals surface area contributed by atoms with Crippen LogP contribution in [-0.2, 0) is 11.0 Å². The van der Waals surface area contributed by atoms with Gasteiger partial charge in [-0.3, -0.25) is 4.79 Å². The SMILES string of the molecule is CCCNC(=O)C(Cl)c1ccccc1C(F)(F)F. The molecule has 1 rings (SSSR count). The van der Waals surface area contributed by atoms with E-state index in [1.54, 1.807) is 0 Å². The van der Waals surface area contributed by atoms with Crippen molar-refractivity contribution < 1.29 is 18.0 Å². The second-order valence-corrected chi connectivity index (χ2v) is 4.18. The van der Waals surface area contributed by atoms with Crippen LogP contribution in [0.1, 0.15) is 29.8 Å². The Morgan fingerprint density at radius 3 is 2.56 bits per heavy atom. The van der Waals surface area contributed by atoms with E-state index in [1.807, 2.05) is 6.92 Å². The molecule has 0 heterocycles. The standard InChI is InChI=1S/C12H13ClF3NO/c1-2-7-17-11(18)10(13)8-5-3-4-6-9(8)12(14,15)16/h3-6,10H,2,7H2,1H3,(H,17,18). The van der Waals surface area contributed by atoms with Crippen molar-refractivity contribution in [2.75, 3.05) is 6.54 Å². The Bertz CT molecular complexity index is 420. The third-order valence-corrected chi connectivity index (χ3v) is 2.75. The topological polar surface area (TPSA) is 29.1 Å². The Morgan fingerprint density at radius 2 is 2.00 bits per heavy atom. The minimum atomic E-state index is -4.52. The number of carbonyl (C=O) groups excluding carboxylic acids is 1. The van der Waals surface area contributed by atoms with Crippen molar-refractivity contribution in [3.05, 3.63) is 35.4 Å². The van der Waals surface area contributed by atoms with Gasteiger partial charge in [0.2, 0.25) is 5.91 Å². The molecule has 1 aromatic rings. The minimum absolute atomic E-state index is 0.222. The van der Waals surface area contributed by atoms with Crippen molar-refractivity contribution in [1.29, 1.82) is 0 Å². The molecule has 1 amide bonds. The van der Waals surface area contributed by atoms with Gasteiger partial charge in [-0.05, 0) is 18.1 Å². The van der Waals surface area contributed by atoms with Crippen LogP contribution in [0.4, 0.5) is 13.2 Å². The van der Waals surface area contributed by atoms with Crippen LogP contribution >= 0.6 is 11.6 Å². The third kappa shape index (κ3) is 3.63. The molecule has 1 N–H and O–H groups in total. The zero-order chi connectivity index (χ0) is 13.8. The van der Waals surface area contributed by atoms with Crippen molar-refractivity contribution in [3.8, 4) is 0 Å². The quantitative estimate of drug-likeness (QED) is 0.840. The van der Waals surface area contributed by atoms with Crippen LogP contribution in [0.15, 0.2) is 24.3 Å². The van der Waals surface area contributed by atoms with Gasteiger partial charge < -0.3 is 5.32 Å². The van der Waals surface area contributed by atoms with Gasteiger partial charge in [0.15, 0.2) is 0 Å². The fraction of sp³-hybridized carbons (Fsp3) is 0.417. The summed E-state index contributed by atoms with van der Waals surface area (Å²) in [7, 11) is 0. The lowest BCUT2D eigenvalue weighted by atomic mass is 10.0. The Morgan fingerprint density at radius 1 is 1.39 bits per heavy atom. The molecule has 0 radical (unpaired) electrons. The Hall–Kier alpha value is -1.23. The molecule has 0 aliphatic rings. The Labute approximate surface area is 108 Å². The molecule has 0 aliphatic carbocycles. The highest BCUT2D eigenvalue weighted by Crippen LogP contribution is 2.36. The summed E-state index contributed by atoms with van der Waals surface area (Å²) in [5.41, 5.74) is -1.10. The van der Waals surface area contributed by atoms with E-state index >= 15 is 0 Å². The average molecular weight is 280 g/mol. The first-order valence-electron chi connectivity index (χ1n) is 5.45. The van der Waals surface area contributed by atoms with E-state index in [2.05, 4.69) is 5.32 Å². The first-order valence-corrected chi connectivity index (χ1v) is 5.89. The summed E-state index contributed by atoms with van der Waals surface area (Å²) in [4.78, 5) is 11.6. The molecule has 100 valence electrons. The number of nitrogens with one attached hydrogen (secondary N) is 1. The van der Waals surface area contributed by atoms with Crippen LogP contribution in [0.5, 0.6) is 0 Å². The molecule has 0 bridgehead atoms. The first kappa shape index (κ1) is 14.8. The van der Waals surface area contributed by atoms with Gasteiger partial charge in [0.25, 0.3) is 0 Å². The lowest BCUT2D eigenvalue weighted by Crippen LogP contribution is -2.28. The van der Waals surface area contributed by atoms with Crippen molar-refractivity contribution in [2.24, 2.45) is 0 Å². The summed E-state index contributed by atoms with van der Waals surface area (Å²) in [5, 5.41) is 1.13. The number of rotatable bonds is 4. The molecule has 0 aliphatic heterocycles. The third-order valence-electron chi connectivity index (χ3n) is 2.32. The van der Waals surface area contributed by atoms with Crippen molar-refractivity contribution >= 4 is 17.5 Å². The van der Waals surface area contributed by atoms with Gasteiger partial charge in [0, 0.05) is 6.54 Å². The lowest BCUT2D eigenvalue weighted by molar-refractivity contribution is -0.138. The molecule has 18 heavy (non-hydrogen) atoms. The van der Waals surface area contributed by atoms with Crippen LogP contribution in [0.3, 0.4) is 0 Å². The van der Waals surface area contributed by atoms with E-state index in [0.717, 1.165) is 6.07 Å². The van der Waals surface area contributed by atoms with E-state index in [4.69, 9.17) is 11.6 Å². The molecule has 1 aromatic carbocycles. The second-order valence-electron chi connectivity index (χ2n) is 3.74. The van der Waals surface area contributed by atoms with E-state index in [-0.39, 0.29) is 5.56 Å². The van der Waals surface area contributed by atoms with Gasteiger partial charge in [0.05, 0.1) is 5.56 Å². The average Bonchev–Trinajstić information content (AvgIpc) is 2.34. The Kier molecular flexibility index (Phi) is 5.02. The molecule has 1 atom stereocenters. The Balaban J connectivity index is 2.99. The van der Waals surface area contributed by atoms with Crippen LogP contribution in [0.2, 0.25) is 0 Å². The molecule has 0 saturated heterocycles. The molecular weight excluding hydrogens is 267 g/mol. The fourth-order valence-electron chi connectivity index (χ4n) is 1.46. The number of carbonyl (C=O) groups is 1. The monoisotopic (exact) mass is 279 g/mol. The van der Waals surface area contributed by atoms with Crippen molar-refractivity contribution in [3.63, 3.8) is 0 Å². The first-order chi connectivity index (χ1) is 8.38. The largest absolute Gasteiger partial charge is 0.416 e. The maximum absolute atomic E-state index is 12.7. The van der Waals surface area contributed by atoms with Gasteiger partial charge in [-0.15, -0.1) is 11.6 Å². The number of hydrogen-bond donors (Lipinski definition) is 1. The van der Waals surface area contributed by atoms with Gasteiger partial charge in [0.1, 0.15) is 5.38 Å². The van der Waals surface area contributed by atoms with E-state index in [0.29, 0.717) is 13.0 Å². The van der Waals surface area contributed by atoms with Crippen LogP contribution in [-0.4, -0.2) is 12.5 Å². The number of benzene rings is 1. The minimum Gasteiger partial charge on any atom is -0.355 e. The summed E-state index contributed by atoms with van der Waals surface area (Å²) < 4.78 is 38.2. The van der Waals surface area contributed by atoms with Gasteiger partial charge in [-0.2, -0.15) is 13.2 Å². The molecule has 0 aromatic heterocycles. The molecule has 0 saturated carbocycles. The van der Waals surface area contributed by atoms with Crippen LogP contribution in [0, 0.1) is 0 Å². The molecule has 0 spiro atoms.